The van der Waals surface area contributed by atoms with Crippen LogP contribution in [0.3, 0.4) is 0 Å². The van der Waals surface area contributed by atoms with E-state index in [1.807, 2.05) is 7.11 Å². The van der Waals surface area contributed by atoms with Crippen molar-refractivity contribution in [3.05, 3.63) is 27.3 Å². The Bertz CT molecular complexity index is 380. The number of nitrogens with one attached hydrogen (secondary N) is 1. The highest BCUT2D eigenvalue weighted by molar-refractivity contribution is 14.1. The molecule has 0 aromatic heterocycles. The molecule has 3 heteroatoms. The fourth-order valence-electron chi connectivity index (χ4n) is 2.46. The maximum atomic E-state index is 5.47. The van der Waals surface area contributed by atoms with E-state index in [9.17, 15) is 0 Å². The normalized spacial score (nSPS) is 24.6. The molecule has 2 nitrogen and oxygen atoms in total. The lowest BCUT2D eigenvalue weighted by atomic mass is 9.92. The molecular weight excluding hydrogens is 325 g/mol. The molecule has 17 heavy (non-hydrogen) atoms. The van der Waals surface area contributed by atoms with Crippen LogP contribution in [-0.2, 0) is 4.74 Å². The molecule has 1 N–H and O–H groups in total. The number of ether oxygens (including phenoxy) is 1. The van der Waals surface area contributed by atoms with Crippen molar-refractivity contribution in [3.63, 3.8) is 0 Å². The second kappa shape index (κ2) is 6.05. The van der Waals surface area contributed by atoms with Crippen molar-refractivity contribution < 1.29 is 4.74 Å². The molecule has 1 aliphatic carbocycles. The first-order valence-corrected chi connectivity index (χ1v) is 7.32. The zero-order chi connectivity index (χ0) is 12.3. The van der Waals surface area contributed by atoms with Gasteiger partial charge in [-0.05, 0) is 72.9 Å². The monoisotopic (exact) mass is 345 g/mol. The van der Waals surface area contributed by atoms with Crippen molar-refractivity contribution >= 4 is 28.3 Å². The lowest BCUT2D eigenvalue weighted by Gasteiger charge is -2.30. The molecule has 2 atom stereocenters. The number of rotatable bonds is 3. The van der Waals surface area contributed by atoms with Gasteiger partial charge >= 0.3 is 0 Å². The van der Waals surface area contributed by atoms with Gasteiger partial charge in [0.05, 0.1) is 6.10 Å². The van der Waals surface area contributed by atoms with Crippen LogP contribution in [0.25, 0.3) is 0 Å². The zero-order valence-electron chi connectivity index (χ0n) is 10.5. The average molecular weight is 345 g/mol. The van der Waals surface area contributed by atoms with Crippen molar-refractivity contribution in [1.82, 2.24) is 0 Å². The second-order valence-corrected chi connectivity index (χ2v) is 6.07. The minimum Gasteiger partial charge on any atom is -0.382 e. The van der Waals surface area contributed by atoms with Crippen LogP contribution in [0, 0.1) is 10.5 Å². The molecule has 1 aliphatic rings. The molecule has 0 bridgehead atoms. The molecule has 2 unspecified atom stereocenters. The quantitative estimate of drug-likeness (QED) is 0.837. The summed E-state index contributed by atoms with van der Waals surface area (Å²) in [5.41, 5.74) is 2.60. The van der Waals surface area contributed by atoms with Gasteiger partial charge < -0.3 is 10.1 Å². The molecule has 0 aliphatic heterocycles. The predicted molar refractivity (Wildman–Crippen MR) is 80.6 cm³/mol. The minimum atomic E-state index is 0.435. The lowest BCUT2D eigenvalue weighted by molar-refractivity contribution is 0.0669. The molecule has 1 aromatic carbocycles. The molecule has 2 rings (SSSR count). The third-order valence-electron chi connectivity index (χ3n) is 3.52. The zero-order valence-corrected chi connectivity index (χ0v) is 12.7. The Balaban J connectivity index is 2.02. The van der Waals surface area contributed by atoms with Crippen molar-refractivity contribution in [2.45, 2.75) is 44.8 Å². The van der Waals surface area contributed by atoms with Crippen LogP contribution in [0.1, 0.15) is 31.2 Å². The first-order chi connectivity index (χ1) is 8.19. The first-order valence-electron chi connectivity index (χ1n) is 6.24. The van der Waals surface area contributed by atoms with E-state index in [1.165, 1.54) is 34.1 Å². The number of aryl methyl sites for hydroxylation is 1. The number of hydrogen-bond acceptors (Lipinski definition) is 2. The molecule has 0 heterocycles. The molecule has 1 fully saturated rings. The number of hydrogen-bond donors (Lipinski definition) is 1. The fourth-order valence-corrected chi connectivity index (χ4v) is 2.95. The molecule has 0 amide bonds. The van der Waals surface area contributed by atoms with Crippen molar-refractivity contribution in [2.75, 3.05) is 12.4 Å². The molecule has 0 saturated heterocycles. The standard InChI is InChI=1S/C14H20INO/c1-10-6-7-11(15)8-14(10)16-12-4-3-5-13(9-12)17-2/h6-8,12-13,16H,3-5,9H2,1-2H3. The summed E-state index contributed by atoms with van der Waals surface area (Å²) >= 11 is 2.36. The molecular formula is C14H20INO. The van der Waals surface area contributed by atoms with Crippen LogP contribution < -0.4 is 5.32 Å². The molecule has 0 radical (unpaired) electrons. The maximum Gasteiger partial charge on any atom is 0.0590 e. The topological polar surface area (TPSA) is 21.3 Å². The van der Waals surface area contributed by atoms with Crippen molar-refractivity contribution in [3.8, 4) is 0 Å². The van der Waals surface area contributed by atoms with E-state index in [4.69, 9.17) is 4.74 Å². The summed E-state index contributed by atoms with van der Waals surface area (Å²) in [6.07, 6.45) is 5.29. The summed E-state index contributed by atoms with van der Waals surface area (Å²) in [7, 11) is 1.82. The van der Waals surface area contributed by atoms with E-state index in [2.05, 4.69) is 53.0 Å². The average Bonchev–Trinajstić information content (AvgIpc) is 2.34. The summed E-state index contributed by atoms with van der Waals surface area (Å²) in [4.78, 5) is 0. The Labute approximate surface area is 117 Å². The summed E-state index contributed by atoms with van der Waals surface area (Å²) in [6.45, 7) is 2.16. The van der Waals surface area contributed by atoms with Gasteiger partial charge in [-0.2, -0.15) is 0 Å². The summed E-state index contributed by atoms with van der Waals surface area (Å²) in [5.74, 6) is 0. The Morgan fingerprint density at radius 1 is 1.35 bits per heavy atom. The Morgan fingerprint density at radius 3 is 2.94 bits per heavy atom. The third-order valence-corrected chi connectivity index (χ3v) is 4.19. The number of anilines is 1. The molecule has 1 saturated carbocycles. The van der Waals surface area contributed by atoms with Gasteiger partial charge in [-0.3, -0.25) is 0 Å². The van der Waals surface area contributed by atoms with Gasteiger partial charge in [-0.15, -0.1) is 0 Å². The van der Waals surface area contributed by atoms with Gasteiger partial charge in [0, 0.05) is 22.4 Å². The van der Waals surface area contributed by atoms with Gasteiger partial charge in [0.25, 0.3) is 0 Å². The Kier molecular flexibility index (Phi) is 4.68. The van der Waals surface area contributed by atoms with Crippen LogP contribution >= 0.6 is 22.6 Å². The van der Waals surface area contributed by atoms with E-state index in [0.717, 1.165) is 6.42 Å². The smallest absolute Gasteiger partial charge is 0.0590 e. The van der Waals surface area contributed by atoms with Gasteiger partial charge in [-0.25, -0.2) is 0 Å². The van der Waals surface area contributed by atoms with Gasteiger partial charge in [0.1, 0.15) is 0 Å². The van der Waals surface area contributed by atoms with Crippen LogP contribution in [-0.4, -0.2) is 19.3 Å². The van der Waals surface area contributed by atoms with E-state index < -0.39 is 0 Å². The highest BCUT2D eigenvalue weighted by Crippen LogP contribution is 2.26. The number of benzene rings is 1. The van der Waals surface area contributed by atoms with Crippen LogP contribution in [0.4, 0.5) is 5.69 Å². The molecule has 94 valence electrons. The van der Waals surface area contributed by atoms with E-state index in [1.54, 1.807) is 0 Å². The van der Waals surface area contributed by atoms with Gasteiger partial charge in [0.15, 0.2) is 0 Å². The SMILES string of the molecule is COC1CCCC(Nc2cc(I)ccc2C)C1. The second-order valence-electron chi connectivity index (χ2n) is 4.82. The van der Waals surface area contributed by atoms with E-state index >= 15 is 0 Å². The Morgan fingerprint density at radius 2 is 2.18 bits per heavy atom. The highest BCUT2D eigenvalue weighted by Gasteiger charge is 2.21. The summed E-state index contributed by atoms with van der Waals surface area (Å²) in [6, 6.07) is 7.12. The number of halogens is 1. The van der Waals surface area contributed by atoms with Gasteiger partial charge in [0.2, 0.25) is 0 Å². The predicted octanol–water partition coefficient (Wildman–Crippen LogP) is 3.97. The summed E-state index contributed by atoms with van der Waals surface area (Å²) < 4.78 is 6.76. The van der Waals surface area contributed by atoms with Crippen molar-refractivity contribution in [2.24, 2.45) is 0 Å². The van der Waals surface area contributed by atoms with Crippen LogP contribution in [0.15, 0.2) is 18.2 Å². The van der Waals surface area contributed by atoms with E-state index in [-0.39, 0.29) is 0 Å². The minimum absolute atomic E-state index is 0.435. The molecule has 1 aromatic rings. The Hall–Kier alpha value is -0.290. The van der Waals surface area contributed by atoms with Crippen molar-refractivity contribution in [1.29, 1.82) is 0 Å². The van der Waals surface area contributed by atoms with Crippen LogP contribution in [0.5, 0.6) is 0 Å². The van der Waals surface area contributed by atoms with Gasteiger partial charge in [-0.1, -0.05) is 6.07 Å². The highest BCUT2D eigenvalue weighted by atomic mass is 127. The van der Waals surface area contributed by atoms with Crippen LogP contribution in [0.2, 0.25) is 0 Å². The lowest BCUT2D eigenvalue weighted by Crippen LogP contribution is -2.31. The fraction of sp³-hybridized carbons (Fsp3) is 0.571. The maximum absolute atomic E-state index is 5.47. The molecule has 0 spiro atoms. The first kappa shape index (κ1) is 13.1. The van der Waals surface area contributed by atoms with E-state index in [0.29, 0.717) is 12.1 Å². The number of methoxy groups -OCH3 is 1. The largest absolute Gasteiger partial charge is 0.382 e. The third kappa shape index (κ3) is 3.58. The summed E-state index contributed by atoms with van der Waals surface area (Å²) in [5, 5.41) is 3.67.